The van der Waals surface area contributed by atoms with Crippen LogP contribution in [0.25, 0.3) is 0 Å². The molecule has 2 heterocycles. The first-order valence-electron chi connectivity index (χ1n) is 8.90. The van der Waals surface area contributed by atoms with E-state index in [1.165, 1.54) is 6.26 Å². The predicted octanol–water partition coefficient (Wildman–Crippen LogP) is 3.10. The Morgan fingerprint density at radius 1 is 1.32 bits per heavy atom. The molecule has 28 heavy (non-hydrogen) atoms. The maximum absolute atomic E-state index is 12.5. The third-order valence-electron chi connectivity index (χ3n) is 4.32. The number of oxazole rings is 1. The molecular formula is C20H24N4O4. The zero-order chi connectivity index (χ0) is 20.3. The summed E-state index contributed by atoms with van der Waals surface area (Å²) in [6.07, 6.45) is 3.21. The van der Waals surface area contributed by atoms with Crippen LogP contribution in [0.1, 0.15) is 46.2 Å². The summed E-state index contributed by atoms with van der Waals surface area (Å²) < 4.78 is 18.1. The molecule has 0 fully saturated rings. The molecule has 148 valence electrons. The van der Waals surface area contributed by atoms with E-state index < -0.39 is 0 Å². The van der Waals surface area contributed by atoms with Gasteiger partial charge in [-0.05, 0) is 38.5 Å². The van der Waals surface area contributed by atoms with Crippen LogP contribution in [0.4, 0.5) is 0 Å². The van der Waals surface area contributed by atoms with Crippen molar-refractivity contribution in [2.45, 2.75) is 33.4 Å². The molecule has 0 aliphatic rings. The second kappa shape index (κ2) is 8.16. The Morgan fingerprint density at radius 2 is 2.11 bits per heavy atom. The number of nitrogens with one attached hydrogen (secondary N) is 1. The first-order chi connectivity index (χ1) is 13.4. The van der Waals surface area contributed by atoms with Gasteiger partial charge in [-0.1, -0.05) is 6.07 Å². The van der Waals surface area contributed by atoms with E-state index in [1.807, 2.05) is 52.2 Å². The number of aromatic nitrogens is 3. The Bertz CT molecular complexity index is 976. The molecule has 0 radical (unpaired) electrons. The van der Waals surface area contributed by atoms with Crippen molar-refractivity contribution in [3.8, 4) is 11.5 Å². The number of carbonyl (C=O) groups is 1. The van der Waals surface area contributed by atoms with Crippen molar-refractivity contribution in [1.29, 1.82) is 0 Å². The van der Waals surface area contributed by atoms with Crippen LogP contribution < -0.4 is 14.8 Å². The largest absolute Gasteiger partial charge is 0.493 e. The van der Waals surface area contributed by atoms with E-state index in [2.05, 4.69) is 15.4 Å². The lowest BCUT2D eigenvalue weighted by Crippen LogP contribution is -2.27. The quantitative estimate of drug-likeness (QED) is 0.673. The van der Waals surface area contributed by atoms with Crippen LogP contribution in [0.2, 0.25) is 0 Å². The van der Waals surface area contributed by atoms with E-state index in [1.54, 1.807) is 11.8 Å². The zero-order valence-electron chi connectivity index (χ0n) is 16.6. The monoisotopic (exact) mass is 384 g/mol. The highest BCUT2D eigenvalue weighted by molar-refractivity contribution is 5.92. The molecule has 0 bridgehead atoms. The third-order valence-corrected chi connectivity index (χ3v) is 4.32. The standard InChI is InChI=1S/C20H24N4O4/c1-12-6-7-17(18(8-12)26-5)27-11-19-22-16(10-28-19)20(25)21-13(2)15-9-24(4)23-14(15)3/h6-10,13H,11H2,1-5H3,(H,21,25). The summed E-state index contributed by atoms with van der Waals surface area (Å²) in [6, 6.07) is 5.43. The van der Waals surface area contributed by atoms with Gasteiger partial charge in [0.25, 0.3) is 5.91 Å². The summed E-state index contributed by atoms with van der Waals surface area (Å²) in [6.45, 7) is 5.86. The maximum Gasteiger partial charge on any atom is 0.273 e. The molecule has 3 rings (SSSR count). The van der Waals surface area contributed by atoms with Crippen LogP contribution in [-0.2, 0) is 13.7 Å². The third kappa shape index (κ3) is 4.33. The van der Waals surface area contributed by atoms with Crippen molar-refractivity contribution in [3.05, 3.63) is 59.1 Å². The summed E-state index contributed by atoms with van der Waals surface area (Å²) in [5.41, 5.74) is 3.09. The van der Waals surface area contributed by atoms with E-state index in [4.69, 9.17) is 13.9 Å². The molecule has 0 spiro atoms. The normalized spacial score (nSPS) is 11.9. The van der Waals surface area contributed by atoms with Gasteiger partial charge in [0.15, 0.2) is 23.8 Å². The Hall–Kier alpha value is -3.29. The van der Waals surface area contributed by atoms with Gasteiger partial charge in [0.05, 0.1) is 18.8 Å². The Kier molecular flexibility index (Phi) is 5.67. The van der Waals surface area contributed by atoms with Crippen molar-refractivity contribution in [2.24, 2.45) is 7.05 Å². The molecular weight excluding hydrogens is 360 g/mol. The fraction of sp³-hybridized carbons (Fsp3) is 0.350. The molecule has 0 aliphatic carbocycles. The Balaban J connectivity index is 1.62. The fourth-order valence-electron chi connectivity index (χ4n) is 2.91. The van der Waals surface area contributed by atoms with Gasteiger partial charge in [0.1, 0.15) is 6.26 Å². The van der Waals surface area contributed by atoms with Gasteiger partial charge >= 0.3 is 0 Å². The number of ether oxygens (including phenoxy) is 2. The molecule has 8 heteroatoms. The van der Waals surface area contributed by atoms with Crippen LogP contribution >= 0.6 is 0 Å². The van der Waals surface area contributed by atoms with Crippen LogP contribution in [0.15, 0.2) is 35.1 Å². The van der Waals surface area contributed by atoms with Crippen molar-refractivity contribution in [2.75, 3.05) is 7.11 Å². The number of hydrogen-bond donors (Lipinski definition) is 1. The number of rotatable bonds is 7. The number of hydrogen-bond acceptors (Lipinski definition) is 6. The average molecular weight is 384 g/mol. The lowest BCUT2D eigenvalue weighted by atomic mass is 10.1. The molecule has 0 saturated carbocycles. The van der Waals surface area contributed by atoms with Gasteiger partial charge in [-0.3, -0.25) is 9.48 Å². The minimum Gasteiger partial charge on any atom is -0.493 e. The molecule has 8 nitrogen and oxygen atoms in total. The van der Waals surface area contributed by atoms with Gasteiger partial charge in [-0.2, -0.15) is 5.10 Å². The highest BCUT2D eigenvalue weighted by Gasteiger charge is 2.18. The minimum atomic E-state index is -0.321. The van der Waals surface area contributed by atoms with E-state index in [0.29, 0.717) is 17.4 Å². The highest BCUT2D eigenvalue weighted by atomic mass is 16.5. The predicted molar refractivity (Wildman–Crippen MR) is 102 cm³/mol. The SMILES string of the molecule is COc1cc(C)ccc1OCc1nc(C(=O)NC(C)c2cn(C)nc2C)co1. The van der Waals surface area contributed by atoms with Crippen LogP contribution in [-0.4, -0.2) is 27.8 Å². The van der Waals surface area contributed by atoms with Gasteiger partial charge < -0.3 is 19.2 Å². The van der Waals surface area contributed by atoms with E-state index in [9.17, 15) is 4.79 Å². The Morgan fingerprint density at radius 3 is 2.79 bits per heavy atom. The first kappa shape index (κ1) is 19.5. The zero-order valence-corrected chi connectivity index (χ0v) is 16.6. The van der Waals surface area contributed by atoms with Crippen LogP contribution in [0.3, 0.4) is 0 Å². The molecule has 2 aromatic heterocycles. The molecule has 1 amide bonds. The minimum absolute atomic E-state index is 0.0873. The summed E-state index contributed by atoms with van der Waals surface area (Å²) in [4.78, 5) is 16.7. The second-order valence-electron chi connectivity index (χ2n) is 6.61. The molecule has 1 aromatic carbocycles. The van der Waals surface area contributed by atoms with Crippen LogP contribution in [0, 0.1) is 13.8 Å². The van der Waals surface area contributed by atoms with E-state index in [-0.39, 0.29) is 24.2 Å². The highest BCUT2D eigenvalue weighted by Crippen LogP contribution is 2.28. The molecule has 3 aromatic rings. The van der Waals surface area contributed by atoms with Gasteiger partial charge in [0.2, 0.25) is 5.89 Å². The van der Waals surface area contributed by atoms with Crippen molar-refractivity contribution < 1.29 is 18.7 Å². The van der Waals surface area contributed by atoms with Gasteiger partial charge in [-0.25, -0.2) is 4.98 Å². The van der Waals surface area contributed by atoms with E-state index >= 15 is 0 Å². The molecule has 0 saturated heterocycles. The second-order valence-corrected chi connectivity index (χ2v) is 6.61. The number of amides is 1. The van der Waals surface area contributed by atoms with Crippen molar-refractivity contribution in [3.63, 3.8) is 0 Å². The van der Waals surface area contributed by atoms with Crippen molar-refractivity contribution in [1.82, 2.24) is 20.1 Å². The molecule has 0 aliphatic heterocycles. The molecule has 1 atom stereocenters. The number of methoxy groups -OCH3 is 1. The Labute approximate surface area is 163 Å². The van der Waals surface area contributed by atoms with Crippen molar-refractivity contribution >= 4 is 5.91 Å². The lowest BCUT2D eigenvalue weighted by Gasteiger charge is -2.11. The fourth-order valence-corrected chi connectivity index (χ4v) is 2.91. The summed E-state index contributed by atoms with van der Waals surface area (Å²) in [7, 11) is 3.43. The topological polar surface area (TPSA) is 91.4 Å². The number of carbonyl (C=O) groups excluding carboxylic acids is 1. The molecule has 1 unspecified atom stereocenters. The smallest absolute Gasteiger partial charge is 0.273 e. The number of benzene rings is 1. The van der Waals surface area contributed by atoms with Gasteiger partial charge in [0, 0.05) is 18.8 Å². The van der Waals surface area contributed by atoms with E-state index in [0.717, 1.165) is 16.8 Å². The average Bonchev–Trinajstić information content (AvgIpc) is 3.26. The van der Waals surface area contributed by atoms with Crippen LogP contribution in [0.5, 0.6) is 11.5 Å². The first-order valence-corrected chi connectivity index (χ1v) is 8.90. The summed E-state index contributed by atoms with van der Waals surface area (Å²) in [5, 5.41) is 7.20. The number of nitrogens with zero attached hydrogens (tertiary/aromatic N) is 3. The molecule has 1 N–H and O–H groups in total. The lowest BCUT2D eigenvalue weighted by molar-refractivity contribution is 0.0934. The van der Waals surface area contributed by atoms with Gasteiger partial charge in [-0.15, -0.1) is 0 Å². The summed E-state index contributed by atoms with van der Waals surface area (Å²) >= 11 is 0. The number of aryl methyl sites for hydroxylation is 3. The summed E-state index contributed by atoms with van der Waals surface area (Å²) in [5.74, 6) is 1.19. The maximum atomic E-state index is 12.5.